The maximum atomic E-state index is 9.64. The highest BCUT2D eigenvalue weighted by atomic mass is 16.3. The lowest BCUT2D eigenvalue weighted by molar-refractivity contribution is 0.186. The summed E-state index contributed by atoms with van der Waals surface area (Å²) in [6.45, 7) is 6.69. The third kappa shape index (κ3) is 1.57. The van der Waals surface area contributed by atoms with Gasteiger partial charge in [-0.05, 0) is 34.9 Å². The van der Waals surface area contributed by atoms with Crippen LogP contribution in [0.3, 0.4) is 0 Å². The highest BCUT2D eigenvalue weighted by Crippen LogP contribution is 2.33. The number of rotatable bonds is 0. The summed E-state index contributed by atoms with van der Waals surface area (Å²) in [6.07, 6.45) is 1.51. The van der Waals surface area contributed by atoms with E-state index in [2.05, 4.69) is 39.0 Å². The van der Waals surface area contributed by atoms with Crippen LogP contribution < -0.4 is 0 Å². The number of aliphatic hydroxyl groups is 1. The van der Waals surface area contributed by atoms with Gasteiger partial charge in [-0.15, -0.1) is 0 Å². The summed E-state index contributed by atoms with van der Waals surface area (Å²) in [5, 5.41) is 9.64. The van der Waals surface area contributed by atoms with Crippen molar-refractivity contribution in [3.8, 4) is 0 Å². The average Bonchev–Trinajstić information content (AvgIpc) is 2.41. The molecule has 1 nitrogen and oxygen atoms in total. The van der Waals surface area contributed by atoms with E-state index in [1.54, 1.807) is 0 Å². The van der Waals surface area contributed by atoms with E-state index in [1.165, 1.54) is 16.7 Å². The van der Waals surface area contributed by atoms with Crippen LogP contribution in [0.2, 0.25) is 0 Å². The topological polar surface area (TPSA) is 20.2 Å². The lowest BCUT2D eigenvalue weighted by atomic mass is 9.82. The molecule has 1 aliphatic carbocycles. The molecule has 0 spiro atoms. The van der Waals surface area contributed by atoms with Gasteiger partial charge in [-0.3, -0.25) is 0 Å². The van der Waals surface area contributed by atoms with E-state index in [1.807, 2.05) is 0 Å². The molecule has 14 heavy (non-hydrogen) atoms. The summed E-state index contributed by atoms with van der Waals surface area (Å²) in [5.41, 5.74) is 4.30. The zero-order valence-electron chi connectivity index (χ0n) is 9.17. The van der Waals surface area contributed by atoms with E-state index in [4.69, 9.17) is 0 Å². The molecule has 0 aromatic heterocycles. The average molecular weight is 190 g/mol. The fraction of sp³-hybridized carbons (Fsp3) is 0.538. The van der Waals surface area contributed by atoms with Crippen molar-refractivity contribution in [2.45, 2.75) is 45.1 Å². The van der Waals surface area contributed by atoms with Gasteiger partial charge in [0.15, 0.2) is 0 Å². The van der Waals surface area contributed by atoms with Gasteiger partial charge in [-0.2, -0.15) is 0 Å². The van der Waals surface area contributed by atoms with Gasteiger partial charge >= 0.3 is 0 Å². The van der Waals surface area contributed by atoms with Gasteiger partial charge in [0.25, 0.3) is 0 Å². The van der Waals surface area contributed by atoms with Crippen molar-refractivity contribution >= 4 is 0 Å². The van der Waals surface area contributed by atoms with Gasteiger partial charge in [0.05, 0.1) is 6.10 Å². The first-order chi connectivity index (χ1) is 6.48. The second-order valence-electron chi connectivity index (χ2n) is 5.26. The van der Waals surface area contributed by atoms with Crippen LogP contribution in [-0.2, 0) is 18.3 Å². The molecule has 1 aliphatic rings. The lowest BCUT2D eigenvalue weighted by Gasteiger charge is -2.22. The Hall–Kier alpha value is -0.820. The molecule has 0 fully saturated rings. The first-order valence-corrected chi connectivity index (χ1v) is 5.28. The zero-order valence-corrected chi connectivity index (χ0v) is 9.17. The molecule has 0 bridgehead atoms. The number of fused-ring (bicyclic) bond motifs is 1. The summed E-state index contributed by atoms with van der Waals surface area (Å²) >= 11 is 0. The van der Waals surface area contributed by atoms with Crippen LogP contribution in [0.5, 0.6) is 0 Å². The maximum absolute atomic E-state index is 9.64. The minimum atomic E-state index is -0.159. The Morgan fingerprint density at radius 3 is 2.57 bits per heavy atom. The minimum absolute atomic E-state index is 0.159. The molecule has 1 unspecified atom stereocenters. The van der Waals surface area contributed by atoms with Crippen LogP contribution in [0.1, 0.15) is 37.5 Å². The van der Waals surface area contributed by atoms with E-state index in [9.17, 15) is 5.11 Å². The number of hydrogen-bond donors (Lipinski definition) is 1. The fourth-order valence-corrected chi connectivity index (χ4v) is 2.33. The zero-order chi connectivity index (χ0) is 10.3. The first-order valence-electron chi connectivity index (χ1n) is 5.28. The summed E-state index contributed by atoms with van der Waals surface area (Å²) < 4.78 is 0. The molecule has 0 saturated heterocycles. The van der Waals surface area contributed by atoms with Gasteiger partial charge in [0.2, 0.25) is 0 Å². The van der Waals surface area contributed by atoms with Crippen LogP contribution >= 0.6 is 0 Å². The molecule has 2 rings (SSSR count). The summed E-state index contributed by atoms with van der Waals surface area (Å²) in [4.78, 5) is 0. The third-order valence-electron chi connectivity index (χ3n) is 2.98. The SMILES string of the molecule is CC(C)(C)c1cccc2c1CC(O)C2. The molecule has 1 aromatic carbocycles. The van der Waals surface area contributed by atoms with Gasteiger partial charge in [-0.25, -0.2) is 0 Å². The molecule has 1 atom stereocenters. The van der Waals surface area contributed by atoms with Crippen LogP contribution in [0, 0.1) is 0 Å². The Morgan fingerprint density at radius 2 is 1.93 bits per heavy atom. The molecule has 0 saturated carbocycles. The number of aliphatic hydroxyl groups excluding tert-OH is 1. The first kappa shape index (κ1) is 9.72. The fourth-order valence-electron chi connectivity index (χ4n) is 2.33. The molecule has 0 radical (unpaired) electrons. The van der Waals surface area contributed by atoms with Gasteiger partial charge < -0.3 is 5.11 Å². The van der Waals surface area contributed by atoms with Gasteiger partial charge in [-0.1, -0.05) is 39.0 Å². The molecular formula is C13H18O. The Labute approximate surface area is 85.8 Å². The molecule has 1 N–H and O–H groups in total. The highest BCUT2D eigenvalue weighted by molar-refractivity contribution is 5.42. The summed E-state index contributed by atoms with van der Waals surface area (Å²) in [6, 6.07) is 6.44. The van der Waals surface area contributed by atoms with E-state index in [0.717, 1.165) is 12.8 Å². The Morgan fingerprint density at radius 1 is 1.21 bits per heavy atom. The monoisotopic (exact) mass is 190 g/mol. The molecular weight excluding hydrogens is 172 g/mol. The van der Waals surface area contributed by atoms with Crippen LogP contribution in [-0.4, -0.2) is 11.2 Å². The maximum Gasteiger partial charge on any atom is 0.0621 e. The standard InChI is InChI=1S/C13H18O/c1-13(2,3)12-6-4-5-9-7-10(14)8-11(9)12/h4-6,10,14H,7-8H2,1-3H3. The van der Waals surface area contributed by atoms with Gasteiger partial charge in [0, 0.05) is 0 Å². The van der Waals surface area contributed by atoms with Crippen molar-refractivity contribution in [2.75, 3.05) is 0 Å². The van der Waals surface area contributed by atoms with Crippen LogP contribution in [0.15, 0.2) is 18.2 Å². The minimum Gasteiger partial charge on any atom is -0.392 e. The van der Waals surface area contributed by atoms with Crippen molar-refractivity contribution < 1.29 is 5.11 Å². The predicted octanol–water partition coefficient (Wildman–Crippen LogP) is 2.44. The predicted molar refractivity (Wildman–Crippen MR) is 58.6 cm³/mol. The van der Waals surface area contributed by atoms with Gasteiger partial charge in [0.1, 0.15) is 0 Å². The van der Waals surface area contributed by atoms with Crippen LogP contribution in [0.4, 0.5) is 0 Å². The van der Waals surface area contributed by atoms with Crippen molar-refractivity contribution in [3.63, 3.8) is 0 Å². The van der Waals surface area contributed by atoms with Crippen molar-refractivity contribution in [1.82, 2.24) is 0 Å². The second-order valence-corrected chi connectivity index (χ2v) is 5.26. The Kier molecular flexibility index (Phi) is 2.15. The third-order valence-corrected chi connectivity index (χ3v) is 2.98. The molecule has 0 amide bonds. The van der Waals surface area contributed by atoms with Crippen molar-refractivity contribution in [3.05, 3.63) is 34.9 Å². The smallest absolute Gasteiger partial charge is 0.0621 e. The quantitative estimate of drug-likeness (QED) is 0.666. The summed E-state index contributed by atoms with van der Waals surface area (Å²) in [5.74, 6) is 0. The van der Waals surface area contributed by atoms with E-state index >= 15 is 0 Å². The van der Waals surface area contributed by atoms with E-state index < -0.39 is 0 Å². The van der Waals surface area contributed by atoms with E-state index in [-0.39, 0.29) is 11.5 Å². The molecule has 0 heterocycles. The second kappa shape index (κ2) is 3.09. The number of benzene rings is 1. The molecule has 1 heteroatoms. The Bertz CT molecular complexity index is 347. The Balaban J connectivity index is 2.50. The molecule has 0 aliphatic heterocycles. The van der Waals surface area contributed by atoms with Crippen LogP contribution in [0.25, 0.3) is 0 Å². The summed E-state index contributed by atoms with van der Waals surface area (Å²) in [7, 11) is 0. The largest absolute Gasteiger partial charge is 0.392 e. The normalized spacial score (nSPS) is 21.0. The number of hydrogen-bond acceptors (Lipinski definition) is 1. The highest BCUT2D eigenvalue weighted by Gasteiger charge is 2.26. The molecule has 1 aromatic rings. The van der Waals surface area contributed by atoms with Crippen molar-refractivity contribution in [2.24, 2.45) is 0 Å². The lowest BCUT2D eigenvalue weighted by Crippen LogP contribution is -2.14. The van der Waals surface area contributed by atoms with Crippen molar-refractivity contribution in [1.29, 1.82) is 0 Å². The molecule has 76 valence electrons. The van der Waals surface area contributed by atoms with E-state index in [0.29, 0.717) is 0 Å².